The third-order valence-electron chi connectivity index (χ3n) is 2.71. The molecule has 2 aromatic rings. The molecule has 118 valence electrons. The van der Waals surface area contributed by atoms with Crippen molar-refractivity contribution in [2.75, 3.05) is 11.6 Å². The first kappa shape index (κ1) is 16.0. The van der Waals surface area contributed by atoms with Crippen LogP contribution in [0.1, 0.15) is 5.56 Å². The molecule has 0 fully saturated rings. The number of nitrogens with one attached hydrogen (secondary N) is 1. The second kappa shape index (κ2) is 6.14. The van der Waals surface area contributed by atoms with Crippen molar-refractivity contribution in [3.8, 4) is 5.75 Å². The Balaban J connectivity index is 2.40. The number of rotatable bonds is 5. The summed E-state index contributed by atoms with van der Waals surface area (Å²) in [5.41, 5.74) is 0.694. The quantitative estimate of drug-likeness (QED) is 0.670. The van der Waals surface area contributed by atoms with Crippen molar-refractivity contribution < 1.29 is 26.7 Å². The molecular weight excluding hydrogens is 318 g/mol. The van der Waals surface area contributed by atoms with Gasteiger partial charge in [-0.3, -0.25) is 4.72 Å². The van der Waals surface area contributed by atoms with Crippen LogP contribution in [0.4, 0.5) is 14.5 Å². The van der Waals surface area contributed by atoms with Crippen LogP contribution >= 0.6 is 0 Å². The van der Waals surface area contributed by atoms with E-state index in [4.69, 9.17) is 4.74 Å². The fourth-order valence-corrected chi connectivity index (χ4v) is 2.84. The van der Waals surface area contributed by atoms with Gasteiger partial charge in [0.15, 0.2) is 5.82 Å². The Morgan fingerprint density at radius 1 is 1.32 bits per heavy atom. The van der Waals surface area contributed by atoms with Crippen LogP contribution in [0.3, 0.4) is 0 Å². The molecule has 22 heavy (non-hydrogen) atoms. The number of halogens is 2. The monoisotopic (exact) mass is 330 g/mol. The summed E-state index contributed by atoms with van der Waals surface area (Å²) in [7, 11) is -4.28. The van der Waals surface area contributed by atoms with Crippen LogP contribution in [-0.4, -0.2) is 15.3 Å². The van der Waals surface area contributed by atoms with E-state index >= 15 is 0 Å². The van der Waals surface area contributed by atoms with Crippen LogP contribution in [0.5, 0.6) is 5.75 Å². The maximum absolute atomic E-state index is 12.9. The molecule has 0 aliphatic rings. The summed E-state index contributed by atoms with van der Waals surface area (Å²) >= 11 is 0. The summed E-state index contributed by atoms with van der Waals surface area (Å²) in [5, 5.41) is 10.8. The molecule has 0 amide bonds. The van der Waals surface area contributed by atoms with Gasteiger partial charge in [0.2, 0.25) is 13.1 Å². The molecule has 0 unspecified atom stereocenters. The van der Waals surface area contributed by atoms with Gasteiger partial charge < -0.3 is 9.94 Å². The number of aromatic nitrogens is 1. The van der Waals surface area contributed by atoms with Gasteiger partial charge in [0.05, 0.1) is 5.69 Å². The fraction of sp³-hybridized carbons (Fsp3) is 0.154. The van der Waals surface area contributed by atoms with Gasteiger partial charge in [-0.15, -0.1) is 0 Å². The van der Waals surface area contributed by atoms with Gasteiger partial charge in [0, 0.05) is 6.07 Å². The summed E-state index contributed by atoms with van der Waals surface area (Å²) in [6.07, 6.45) is 0.489. The Morgan fingerprint density at radius 3 is 2.68 bits per heavy atom. The van der Waals surface area contributed by atoms with Crippen molar-refractivity contribution in [2.24, 2.45) is 0 Å². The van der Waals surface area contributed by atoms with E-state index in [1.165, 1.54) is 12.1 Å². The highest BCUT2D eigenvalue weighted by molar-refractivity contribution is 7.92. The standard InChI is InChI=1S/C13H12F2N2O4S/c1-9-2-4-11(12(6-9)21-8-14)16-22(19,20)13-5-3-10(15)7-17(13)18/h2-7,16H,8H2,1H3. The maximum Gasteiger partial charge on any atom is 0.329 e. The zero-order valence-electron chi connectivity index (χ0n) is 11.4. The van der Waals surface area contributed by atoms with Gasteiger partial charge in [0.1, 0.15) is 5.75 Å². The van der Waals surface area contributed by atoms with E-state index in [0.29, 0.717) is 6.20 Å². The zero-order chi connectivity index (χ0) is 16.3. The van der Waals surface area contributed by atoms with Crippen molar-refractivity contribution in [2.45, 2.75) is 11.9 Å². The van der Waals surface area contributed by atoms with Crippen molar-refractivity contribution in [1.82, 2.24) is 0 Å². The van der Waals surface area contributed by atoms with Crippen LogP contribution in [0.25, 0.3) is 0 Å². The summed E-state index contributed by atoms with van der Waals surface area (Å²) in [4.78, 5) is 0. The molecule has 2 rings (SSSR count). The molecule has 6 nitrogen and oxygen atoms in total. The molecule has 0 aliphatic carbocycles. The number of ether oxygens (including phenoxy) is 1. The average molecular weight is 330 g/mol. The largest absolute Gasteiger partial charge is 0.618 e. The summed E-state index contributed by atoms with van der Waals surface area (Å²) < 4.78 is 56.3. The van der Waals surface area contributed by atoms with E-state index in [9.17, 15) is 22.4 Å². The minimum absolute atomic E-state index is 0.0226. The van der Waals surface area contributed by atoms with Crippen molar-refractivity contribution >= 4 is 15.7 Å². The highest BCUT2D eigenvalue weighted by atomic mass is 32.2. The zero-order valence-corrected chi connectivity index (χ0v) is 12.2. The lowest BCUT2D eigenvalue weighted by Crippen LogP contribution is -2.36. The second-order valence-electron chi connectivity index (χ2n) is 4.37. The van der Waals surface area contributed by atoms with Crippen molar-refractivity contribution in [1.29, 1.82) is 0 Å². The van der Waals surface area contributed by atoms with E-state index < -0.39 is 27.7 Å². The molecular formula is C13H12F2N2O4S. The molecule has 0 saturated heterocycles. The molecule has 0 saturated carbocycles. The SMILES string of the molecule is Cc1ccc(NS(=O)(=O)c2ccc(F)c[n+]2[O-])c(OCF)c1. The lowest BCUT2D eigenvalue weighted by Gasteiger charge is -2.12. The first-order valence-electron chi connectivity index (χ1n) is 6.04. The summed E-state index contributed by atoms with van der Waals surface area (Å²) in [6.45, 7) is 0.575. The number of pyridine rings is 1. The molecule has 0 atom stereocenters. The first-order chi connectivity index (χ1) is 10.3. The number of nitrogens with zero attached hydrogens (tertiary/aromatic N) is 1. The average Bonchev–Trinajstić information content (AvgIpc) is 2.41. The Morgan fingerprint density at radius 2 is 2.05 bits per heavy atom. The molecule has 1 aromatic carbocycles. The predicted molar refractivity (Wildman–Crippen MR) is 74.0 cm³/mol. The van der Waals surface area contributed by atoms with Crippen LogP contribution in [0, 0.1) is 17.9 Å². The number of alkyl halides is 1. The van der Waals surface area contributed by atoms with Crippen molar-refractivity contribution in [3.63, 3.8) is 0 Å². The van der Waals surface area contributed by atoms with Crippen LogP contribution in [0.2, 0.25) is 0 Å². The number of aryl methyl sites for hydroxylation is 1. The Bertz CT molecular complexity index is 797. The normalized spacial score (nSPS) is 11.2. The van der Waals surface area contributed by atoms with E-state index in [2.05, 4.69) is 4.72 Å². The molecule has 0 bridgehead atoms. The number of hydrogen-bond acceptors (Lipinski definition) is 4. The van der Waals surface area contributed by atoms with Gasteiger partial charge in [-0.25, -0.2) is 8.78 Å². The lowest BCUT2D eigenvalue weighted by molar-refractivity contribution is -0.648. The molecule has 0 aliphatic heterocycles. The Labute approximate surface area is 125 Å². The highest BCUT2D eigenvalue weighted by Crippen LogP contribution is 2.27. The topological polar surface area (TPSA) is 82.3 Å². The molecule has 1 N–H and O–H groups in total. The predicted octanol–water partition coefficient (Wildman–Crippen LogP) is 1.87. The van der Waals surface area contributed by atoms with Gasteiger partial charge in [-0.05, 0) is 30.7 Å². The second-order valence-corrected chi connectivity index (χ2v) is 6.00. The molecule has 0 spiro atoms. The van der Waals surface area contributed by atoms with E-state index in [0.717, 1.165) is 17.7 Å². The highest BCUT2D eigenvalue weighted by Gasteiger charge is 2.25. The van der Waals surface area contributed by atoms with Crippen LogP contribution in [0.15, 0.2) is 41.6 Å². The van der Waals surface area contributed by atoms with Crippen LogP contribution in [-0.2, 0) is 10.0 Å². The fourth-order valence-electron chi connectivity index (χ4n) is 1.74. The third kappa shape index (κ3) is 3.42. The van der Waals surface area contributed by atoms with Crippen molar-refractivity contribution in [3.05, 3.63) is 53.1 Å². The minimum Gasteiger partial charge on any atom is -0.618 e. The van der Waals surface area contributed by atoms with Gasteiger partial charge >= 0.3 is 15.0 Å². The molecule has 0 radical (unpaired) electrons. The Hall–Kier alpha value is -2.42. The Kier molecular flexibility index (Phi) is 4.45. The number of hydrogen-bond donors (Lipinski definition) is 1. The molecule has 1 heterocycles. The third-order valence-corrected chi connectivity index (χ3v) is 4.07. The number of sulfonamides is 1. The summed E-state index contributed by atoms with van der Waals surface area (Å²) in [6, 6.07) is 6.06. The van der Waals surface area contributed by atoms with Gasteiger partial charge in [-0.1, -0.05) is 6.07 Å². The lowest BCUT2D eigenvalue weighted by atomic mass is 10.2. The van der Waals surface area contributed by atoms with E-state index in [1.54, 1.807) is 13.0 Å². The van der Waals surface area contributed by atoms with E-state index in [1.807, 2.05) is 0 Å². The van der Waals surface area contributed by atoms with Gasteiger partial charge in [-0.2, -0.15) is 13.1 Å². The summed E-state index contributed by atoms with van der Waals surface area (Å²) in [5.74, 6) is -0.892. The minimum atomic E-state index is -4.28. The van der Waals surface area contributed by atoms with E-state index in [-0.39, 0.29) is 16.2 Å². The first-order valence-corrected chi connectivity index (χ1v) is 7.53. The van der Waals surface area contributed by atoms with Crippen LogP contribution < -0.4 is 14.2 Å². The maximum atomic E-state index is 12.9. The number of benzene rings is 1. The van der Waals surface area contributed by atoms with Gasteiger partial charge in [0.25, 0.3) is 0 Å². The molecule has 9 heteroatoms. The molecule has 1 aromatic heterocycles. The smallest absolute Gasteiger partial charge is 0.329 e. The number of anilines is 1.